The van der Waals surface area contributed by atoms with Crippen molar-refractivity contribution in [1.29, 1.82) is 0 Å². The van der Waals surface area contributed by atoms with Crippen LogP contribution in [0.1, 0.15) is 17.8 Å². The second kappa shape index (κ2) is 6.97. The van der Waals surface area contributed by atoms with Crippen LogP contribution in [0.25, 0.3) is 11.0 Å². The molecule has 3 rings (SSSR count). The number of aromatic nitrogens is 2. The van der Waals surface area contributed by atoms with Gasteiger partial charge in [0.15, 0.2) is 11.3 Å². The first-order valence-corrected chi connectivity index (χ1v) is 8.25. The van der Waals surface area contributed by atoms with Crippen molar-refractivity contribution >= 4 is 24.1 Å². The van der Waals surface area contributed by atoms with Crippen LogP contribution in [0.4, 0.5) is 13.2 Å². The number of carbonyl (C=O) groups is 1. The summed E-state index contributed by atoms with van der Waals surface area (Å²) in [6, 6.07) is 3.00. The molecule has 7 nitrogen and oxygen atoms in total. The van der Waals surface area contributed by atoms with E-state index in [9.17, 15) is 28.1 Å². The number of carboxylic acids is 1. The average Bonchev–Trinajstić information content (AvgIpc) is 2.98. The van der Waals surface area contributed by atoms with Gasteiger partial charge in [0.2, 0.25) is 0 Å². The Morgan fingerprint density at radius 1 is 1.37 bits per heavy atom. The van der Waals surface area contributed by atoms with E-state index in [1.165, 1.54) is 11.6 Å². The lowest BCUT2D eigenvalue weighted by Crippen LogP contribution is -2.45. The summed E-state index contributed by atoms with van der Waals surface area (Å²) in [5, 5.41) is 19.3. The zero-order valence-electron chi connectivity index (χ0n) is 14.6. The third-order valence-electron chi connectivity index (χ3n) is 4.42. The third kappa shape index (κ3) is 3.98. The molecule has 0 aliphatic carbocycles. The van der Waals surface area contributed by atoms with Crippen molar-refractivity contribution in [3.05, 3.63) is 29.6 Å². The Hall–Kier alpha value is -2.40. The SMILES string of the molecule is CB(O)N1C[C@H](Oc2cc(C(F)(F)F)nc3nc(C)ccc23)C[C@H]1C(=O)O. The number of fused-ring (bicyclic) bond motifs is 1. The summed E-state index contributed by atoms with van der Waals surface area (Å²) in [4.78, 5) is 20.3. The highest BCUT2D eigenvalue weighted by atomic mass is 19.4. The predicted octanol–water partition coefficient (Wildman–Crippen LogP) is 1.97. The smallest absolute Gasteiger partial charge is 0.433 e. The Bertz CT molecular complexity index is 878. The normalized spacial score (nSPS) is 20.8. The topological polar surface area (TPSA) is 95.8 Å². The molecule has 2 N–H and O–H groups in total. The first kappa shape index (κ1) is 19.4. The van der Waals surface area contributed by atoms with Crippen LogP contribution < -0.4 is 4.74 Å². The van der Waals surface area contributed by atoms with E-state index in [2.05, 4.69) is 9.97 Å². The van der Waals surface area contributed by atoms with Gasteiger partial charge in [-0.15, -0.1) is 0 Å². The number of rotatable bonds is 4. The number of halogens is 3. The Labute approximate surface area is 152 Å². The van der Waals surface area contributed by atoms with Crippen molar-refractivity contribution in [2.24, 2.45) is 0 Å². The van der Waals surface area contributed by atoms with E-state index >= 15 is 0 Å². The van der Waals surface area contributed by atoms with E-state index in [0.717, 1.165) is 6.07 Å². The summed E-state index contributed by atoms with van der Waals surface area (Å²) in [5.41, 5.74) is -0.726. The van der Waals surface area contributed by atoms with Gasteiger partial charge < -0.3 is 19.7 Å². The van der Waals surface area contributed by atoms with Gasteiger partial charge in [-0.05, 0) is 25.9 Å². The molecule has 2 aromatic rings. The maximum absolute atomic E-state index is 13.2. The van der Waals surface area contributed by atoms with Gasteiger partial charge in [-0.25, -0.2) is 9.97 Å². The van der Waals surface area contributed by atoms with Crippen LogP contribution >= 0.6 is 0 Å². The van der Waals surface area contributed by atoms with E-state index in [1.54, 1.807) is 19.1 Å². The van der Waals surface area contributed by atoms with E-state index < -0.39 is 37.0 Å². The van der Waals surface area contributed by atoms with Crippen molar-refractivity contribution in [2.45, 2.75) is 38.5 Å². The van der Waals surface area contributed by atoms with Crippen molar-refractivity contribution in [3.8, 4) is 5.75 Å². The van der Waals surface area contributed by atoms with Crippen LogP contribution in [0, 0.1) is 6.92 Å². The number of aliphatic carboxylic acids is 1. The molecule has 0 aromatic carbocycles. The fourth-order valence-corrected chi connectivity index (χ4v) is 3.15. The molecule has 11 heteroatoms. The van der Waals surface area contributed by atoms with Crippen molar-refractivity contribution in [3.63, 3.8) is 0 Å². The maximum Gasteiger partial charge on any atom is 0.433 e. The maximum atomic E-state index is 13.2. The molecule has 1 aliphatic heterocycles. The second-order valence-corrected chi connectivity index (χ2v) is 6.49. The van der Waals surface area contributed by atoms with E-state index in [1.807, 2.05) is 0 Å². The number of aryl methyl sites for hydroxylation is 1. The van der Waals surface area contributed by atoms with Crippen molar-refractivity contribution in [2.75, 3.05) is 6.54 Å². The number of hydrogen-bond donors (Lipinski definition) is 2. The fourth-order valence-electron chi connectivity index (χ4n) is 3.15. The number of pyridine rings is 2. The highest BCUT2D eigenvalue weighted by Crippen LogP contribution is 2.35. The minimum Gasteiger partial charge on any atom is -0.488 e. The van der Waals surface area contributed by atoms with Gasteiger partial charge in [-0.3, -0.25) is 4.79 Å². The minimum absolute atomic E-state index is 0.0324. The molecule has 2 atom stereocenters. The molecule has 0 saturated carbocycles. The van der Waals surface area contributed by atoms with Crippen molar-refractivity contribution < 1.29 is 32.8 Å². The standard InChI is InChI=1S/C16H17BF3N3O4/c1-8-3-4-10-12(6-13(16(18,19)20)22-14(10)21-8)27-9-5-11(15(24)25)23(7-9)17(2)26/h3-4,6,9,11,26H,5,7H2,1-2H3,(H,24,25)/t9-,11+/m1/s1. The number of alkyl halides is 3. The van der Waals surface area contributed by atoms with Crippen LogP contribution in [0.3, 0.4) is 0 Å². The summed E-state index contributed by atoms with van der Waals surface area (Å²) >= 11 is 0. The van der Waals surface area contributed by atoms with Crippen LogP contribution in [-0.2, 0) is 11.0 Å². The molecule has 0 amide bonds. The second-order valence-electron chi connectivity index (χ2n) is 6.49. The van der Waals surface area contributed by atoms with Gasteiger partial charge in [0, 0.05) is 24.7 Å². The van der Waals surface area contributed by atoms with E-state index in [0.29, 0.717) is 11.1 Å². The molecule has 144 valence electrons. The van der Waals surface area contributed by atoms with Crippen LogP contribution in [-0.4, -0.2) is 56.6 Å². The van der Waals surface area contributed by atoms with Crippen LogP contribution in [0.5, 0.6) is 5.75 Å². The average molecular weight is 383 g/mol. The molecule has 1 saturated heterocycles. The molecule has 1 fully saturated rings. The molecule has 0 bridgehead atoms. The van der Waals surface area contributed by atoms with E-state index in [4.69, 9.17) is 4.74 Å². The highest BCUT2D eigenvalue weighted by Gasteiger charge is 2.42. The lowest BCUT2D eigenvalue weighted by Gasteiger charge is -2.21. The molecule has 0 unspecified atom stereocenters. The summed E-state index contributed by atoms with van der Waals surface area (Å²) in [7, 11) is -1.02. The first-order valence-electron chi connectivity index (χ1n) is 8.25. The van der Waals surface area contributed by atoms with Crippen LogP contribution in [0.15, 0.2) is 18.2 Å². The van der Waals surface area contributed by atoms with E-state index in [-0.39, 0.29) is 24.4 Å². The lowest BCUT2D eigenvalue weighted by molar-refractivity contribution is -0.141. The molecule has 1 aliphatic rings. The first-order chi connectivity index (χ1) is 12.6. The lowest BCUT2D eigenvalue weighted by atomic mass is 9.84. The molecule has 27 heavy (non-hydrogen) atoms. The van der Waals surface area contributed by atoms with Crippen LogP contribution in [0.2, 0.25) is 6.82 Å². The minimum atomic E-state index is -4.68. The molecular formula is C16H17BF3N3O4. The summed E-state index contributed by atoms with van der Waals surface area (Å²) in [6.45, 7) is 3.13. The molecule has 0 spiro atoms. The zero-order chi connectivity index (χ0) is 19.9. The highest BCUT2D eigenvalue weighted by molar-refractivity contribution is 6.45. The number of hydrogen-bond acceptors (Lipinski definition) is 6. The third-order valence-corrected chi connectivity index (χ3v) is 4.42. The summed E-state index contributed by atoms with van der Waals surface area (Å²) in [5.74, 6) is -1.20. The van der Waals surface area contributed by atoms with Gasteiger partial charge in [-0.1, -0.05) is 0 Å². The largest absolute Gasteiger partial charge is 0.488 e. The Kier molecular flexibility index (Phi) is 5.00. The van der Waals surface area contributed by atoms with Gasteiger partial charge in [0.1, 0.15) is 17.9 Å². The molecule has 3 heterocycles. The van der Waals surface area contributed by atoms with Gasteiger partial charge in [0.25, 0.3) is 0 Å². The fraction of sp³-hybridized carbons (Fsp3) is 0.438. The van der Waals surface area contributed by atoms with Gasteiger partial charge in [0.05, 0.1) is 5.39 Å². The Morgan fingerprint density at radius 3 is 2.63 bits per heavy atom. The van der Waals surface area contributed by atoms with Gasteiger partial charge in [-0.2, -0.15) is 13.2 Å². The number of ether oxygens (including phenoxy) is 1. The quantitative estimate of drug-likeness (QED) is 0.780. The zero-order valence-corrected chi connectivity index (χ0v) is 14.6. The van der Waals surface area contributed by atoms with Gasteiger partial charge >= 0.3 is 19.2 Å². The summed E-state index contributed by atoms with van der Waals surface area (Å²) < 4.78 is 45.3. The number of carboxylic acid groups (broad SMARTS) is 1. The molecule has 0 radical (unpaired) electrons. The Balaban J connectivity index is 1.98. The molecular weight excluding hydrogens is 366 g/mol. The monoisotopic (exact) mass is 383 g/mol. The number of nitrogens with zero attached hydrogens (tertiary/aromatic N) is 3. The summed E-state index contributed by atoms with van der Waals surface area (Å²) in [6.07, 6.45) is -5.35. The Morgan fingerprint density at radius 2 is 2.07 bits per heavy atom. The molecule has 2 aromatic heterocycles. The van der Waals surface area contributed by atoms with Crippen molar-refractivity contribution in [1.82, 2.24) is 14.8 Å². The predicted molar refractivity (Wildman–Crippen MR) is 90.3 cm³/mol.